The van der Waals surface area contributed by atoms with Crippen LogP contribution in [0.1, 0.15) is 51.4 Å². The molecule has 14 heavy (non-hydrogen) atoms. The Morgan fingerprint density at radius 1 is 1.50 bits per heavy atom. The first kappa shape index (κ1) is 9.71. The molecule has 0 saturated carbocycles. The lowest BCUT2D eigenvalue weighted by Crippen LogP contribution is -2.25. The van der Waals surface area contributed by atoms with Crippen LogP contribution in [0.25, 0.3) is 0 Å². The van der Waals surface area contributed by atoms with Crippen LogP contribution in [0.3, 0.4) is 0 Å². The standard InChI is InChI=1S/C11H18N2O/c1-11(2,3)10-12-7-8-5-4-6-9(14)13(8)10/h7,9,14H,4-6H2,1-3H3. The van der Waals surface area contributed by atoms with Crippen molar-refractivity contribution in [3.63, 3.8) is 0 Å². The second kappa shape index (κ2) is 3.09. The Balaban J connectivity index is 2.49. The van der Waals surface area contributed by atoms with Gasteiger partial charge in [0.25, 0.3) is 0 Å². The monoisotopic (exact) mass is 194 g/mol. The highest BCUT2D eigenvalue weighted by atomic mass is 16.3. The highest BCUT2D eigenvalue weighted by Crippen LogP contribution is 2.30. The van der Waals surface area contributed by atoms with Gasteiger partial charge in [0.05, 0.1) is 0 Å². The summed E-state index contributed by atoms with van der Waals surface area (Å²) >= 11 is 0. The summed E-state index contributed by atoms with van der Waals surface area (Å²) in [6.45, 7) is 6.39. The fourth-order valence-electron chi connectivity index (χ4n) is 2.06. The number of aliphatic hydroxyl groups excluding tert-OH is 1. The molecule has 0 fully saturated rings. The Kier molecular flexibility index (Phi) is 2.14. The molecule has 1 atom stereocenters. The van der Waals surface area contributed by atoms with Crippen LogP contribution in [0.15, 0.2) is 6.20 Å². The summed E-state index contributed by atoms with van der Waals surface area (Å²) in [5, 5.41) is 9.92. The maximum Gasteiger partial charge on any atom is 0.132 e. The first-order chi connectivity index (χ1) is 6.50. The molecular formula is C11H18N2O. The molecule has 1 unspecified atom stereocenters. The zero-order valence-corrected chi connectivity index (χ0v) is 9.12. The molecule has 2 heterocycles. The van der Waals surface area contributed by atoms with Gasteiger partial charge in [0.15, 0.2) is 0 Å². The topological polar surface area (TPSA) is 38.0 Å². The predicted octanol–water partition coefficient (Wildman–Crippen LogP) is 2.01. The molecular weight excluding hydrogens is 176 g/mol. The molecule has 1 aromatic heterocycles. The number of imidazole rings is 1. The number of aromatic nitrogens is 2. The van der Waals surface area contributed by atoms with Crippen molar-refractivity contribution in [1.29, 1.82) is 0 Å². The summed E-state index contributed by atoms with van der Waals surface area (Å²) in [7, 11) is 0. The van der Waals surface area contributed by atoms with E-state index in [2.05, 4.69) is 25.8 Å². The van der Waals surface area contributed by atoms with Gasteiger partial charge in [0.1, 0.15) is 12.1 Å². The normalized spacial score (nSPS) is 22.1. The second-order valence-electron chi connectivity index (χ2n) is 5.07. The highest BCUT2D eigenvalue weighted by Gasteiger charge is 2.27. The summed E-state index contributed by atoms with van der Waals surface area (Å²) < 4.78 is 2.00. The van der Waals surface area contributed by atoms with Crippen LogP contribution >= 0.6 is 0 Å². The predicted molar refractivity (Wildman–Crippen MR) is 55.1 cm³/mol. The third-order valence-electron chi connectivity index (χ3n) is 2.74. The number of aliphatic hydroxyl groups is 1. The molecule has 78 valence electrons. The molecule has 1 aromatic rings. The molecule has 1 N–H and O–H groups in total. The largest absolute Gasteiger partial charge is 0.373 e. The Labute approximate surface area is 84.8 Å². The van der Waals surface area contributed by atoms with Crippen molar-refractivity contribution in [3.05, 3.63) is 17.7 Å². The van der Waals surface area contributed by atoms with E-state index < -0.39 is 0 Å². The van der Waals surface area contributed by atoms with Gasteiger partial charge in [-0.25, -0.2) is 4.98 Å². The molecule has 0 bridgehead atoms. The van der Waals surface area contributed by atoms with E-state index in [1.54, 1.807) is 0 Å². The third kappa shape index (κ3) is 1.46. The van der Waals surface area contributed by atoms with Gasteiger partial charge in [-0.05, 0) is 19.3 Å². The number of fused-ring (bicyclic) bond motifs is 1. The van der Waals surface area contributed by atoms with Crippen LogP contribution < -0.4 is 0 Å². The van der Waals surface area contributed by atoms with Crippen molar-refractivity contribution < 1.29 is 5.11 Å². The fraction of sp³-hybridized carbons (Fsp3) is 0.727. The number of hydrogen-bond donors (Lipinski definition) is 1. The van der Waals surface area contributed by atoms with Crippen LogP contribution in [0, 0.1) is 0 Å². The molecule has 3 nitrogen and oxygen atoms in total. The molecule has 0 amide bonds. The Morgan fingerprint density at radius 3 is 2.86 bits per heavy atom. The van der Waals surface area contributed by atoms with Crippen LogP contribution in [0.2, 0.25) is 0 Å². The van der Waals surface area contributed by atoms with E-state index in [4.69, 9.17) is 0 Å². The lowest BCUT2D eigenvalue weighted by atomic mass is 9.95. The van der Waals surface area contributed by atoms with Gasteiger partial charge in [-0.2, -0.15) is 0 Å². The van der Waals surface area contributed by atoms with E-state index in [-0.39, 0.29) is 11.6 Å². The number of nitrogens with zero attached hydrogens (tertiary/aromatic N) is 2. The van der Waals surface area contributed by atoms with Crippen molar-refractivity contribution in [2.24, 2.45) is 0 Å². The maximum atomic E-state index is 9.92. The molecule has 0 spiro atoms. The first-order valence-corrected chi connectivity index (χ1v) is 5.25. The summed E-state index contributed by atoms with van der Waals surface area (Å²) in [4.78, 5) is 4.42. The van der Waals surface area contributed by atoms with Crippen LogP contribution in [-0.2, 0) is 11.8 Å². The van der Waals surface area contributed by atoms with E-state index in [1.165, 1.54) is 5.69 Å². The van der Waals surface area contributed by atoms with Crippen molar-refractivity contribution in [2.45, 2.75) is 51.7 Å². The average molecular weight is 194 g/mol. The lowest BCUT2D eigenvalue weighted by Gasteiger charge is -2.27. The van der Waals surface area contributed by atoms with E-state index in [9.17, 15) is 5.11 Å². The molecule has 0 aliphatic carbocycles. The third-order valence-corrected chi connectivity index (χ3v) is 2.74. The molecule has 1 aliphatic rings. The first-order valence-electron chi connectivity index (χ1n) is 5.25. The minimum absolute atomic E-state index is 0.0105. The number of hydrogen-bond acceptors (Lipinski definition) is 2. The van der Waals surface area contributed by atoms with Crippen molar-refractivity contribution >= 4 is 0 Å². The van der Waals surface area contributed by atoms with E-state index >= 15 is 0 Å². The molecule has 2 rings (SSSR count). The summed E-state index contributed by atoms with van der Waals surface area (Å²) in [6, 6.07) is 0. The van der Waals surface area contributed by atoms with Crippen molar-refractivity contribution in [2.75, 3.05) is 0 Å². The molecule has 3 heteroatoms. The summed E-state index contributed by atoms with van der Waals surface area (Å²) in [5.74, 6) is 1.000. The lowest BCUT2D eigenvalue weighted by molar-refractivity contribution is 0.0727. The van der Waals surface area contributed by atoms with E-state index in [0.717, 1.165) is 25.1 Å². The van der Waals surface area contributed by atoms with Crippen LogP contribution in [0.4, 0.5) is 0 Å². The Hall–Kier alpha value is -0.830. The maximum absolute atomic E-state index is 9.92. The SMILES string of the molecule is CC(C)(C)c1ncc2n1C(O)CCC2. The Bertz CT molecular complexity index is 336. The Morgan fingerprint density at radius 2 is 2.21 bits per heavy atom. The molecule has 1 aliphatic heterocycles. The minimum Gasteiger partial charge on any atom is -0.373 e. The van der Waals surface area contributed by atoms with Gasteiger partial charge < -0.3 is 9.67 Å². The smallest absolute Gasteiger partial charge is 0.132 e. The minimum atomic E-state index is -0.365. The van der Waals surface area contributed by atoms with Crippen LogP contribution in [0.5, 0.6) is 0 Å². The van der Waals surface area contributed by atoms with E-state index in [0.29, 0.717) is 0 Å². The zero-order valence-electron chi connectivity index (χ0n) is 9.12. The van der Waals surface area contributed by atoms with Gasteiger partial charge in [-0.3, -0.25) is 0 Å². The van der Waals surface area contributed by atoms with Crippen molar-refractivity contribution in [1.82, 2.24) is 9.55 Å². The van der Waals surface area contributed by atoms with Crippen LogP contribution in [-0.4, -0.2) is 14.7 Å². The highest BCUT2D eigenvalue weighted by molar-refractivity contribution is 5.14. The van der Waals surface area contributed by atoms with E-state index in [1.807, 2.05) is 10.8 Å². The van der Waals surface area contributed by atoms with Gasteiger partial charge in [0.2, 0.25) is 0 Å². The van der Waals surface area contributed by atoms with Crippen molar-refractivity contribution in [3.8, 4) is 0 Å². The van der Waals surface area contributed by atoms with Gasteiger partial charge in [-0.15, -0.1) is 0 Å². The average Bonchev–Trinajstić information content (AvgIpc) is 2.47. The zero-order chi connectivity index (χ0) is 10.3. The quantitative estimate of drug-likeness (QED) is 0.686. The van der Waals surface area contributed by atoms with Gasteiger partial charge in [-0.1, -0.05) is 20.8 Å². The number of aryl methyl sites for hydroxylation is 1. The molecule has 0 saturated heterocycles. The van der Waals surface area contributed by atoms with Gasteiger partial charge in [0, 0.05) is 17.3 Å². The summed E-state index contributed by atoms with van der Waals surface area (Å²) in [5.41, 5.74) is 1.19. The second-order valence-corrected chi connectivity index (χ2v) is 5.07. The fourth-order valence-corrected chi connectivity index (χ4v) is 2.06. The number of rotatable bonds is 0. The molecule has 0 radical (unpaired) electrons. The van der Waals surface area contributed by atoms with Gasteiger partial charge >= 0.3 is 0 Å². The molecule has 0 aromatic carbocycles. The summed E-state index contributed by atoms with van der Waals surface area (Å²) in [6.07, 6.45) is 4.50.